The van der Waals surface area contributed by atoms with Crippen LogP contribution in [0.5, 0.6) is 0 Å². The summed E-state index contributed by atoms with van der Waals surface area (Å²) in [6.07, 6.45) is 0. The summed E-state index contributed by atoms with van der Waals surface area (Å²) >= 11 is 0. The van der Waals surface area contributed by atoms with Crippen LogP contribution in [0.15, 0.2) is 48.5 Å². The maximum Gasteiger partial charge on any atom is 0.270 e. The lowest BCUT2D eigenvalue weighted by Crippen LogP contribution is -2.30. The van der Waals surface area contributed by atoms with Gasteiger partial charge in [0, 0.05) is 18.0 Å². The number of halogens is 2. The van der Waals surface area contributed by atoms with Crippen LogP contribution in [0.1, 0.15) is 29.0 Å². The van der Waals surface area contributed by atoms with Crippen molar-refractivity contribution in [3.63, 3.8) is 0 Å². The summed E-state index contributed by atoms with van der Waals surface area (Å²) in [5.41, 5.74) is 1.88. The second-order valence-corrected chi connectivity index (χ2v) is 5.54. The van der Waals surface area contributed by atoms with E-state index in [0.29, 0.717) is 11.3 Å². The topological polar surface area (TPSA) is 36.1 Å². The van der Waals surface area contributed by atoms with Crippen molar-refractivity contribution in [3.8, 4) is 0 Å². The van der Waals surface area contributed by atoms with Gasteiger partial charge in [0.15, 0.2) is 11.6 Å². The van der Waals surface area contributed by atoms with E-state index < -0.39 is 11.6 Å². The van der Waals surface area contributed by atoms with Gasteiger partial charge in [0.1, 0.15) is 5.69 Å². The number of nitrogens with one attached hydrogen (secondary N) is 1. The molecule has 3 nitrogen and oxygen atoms in total. The van der Waals surface area contributed by atoms with Crippen molar-refractivity contribution < 1.29 is 13.6 Å². The fourth-order valence-electron chi connectivity index (χ4n) is 2.55. The average Bonchev–Trinajstić information content (AvgIpc) is 2.99. The molecule has 0 bridgehead atoms. The highest BCUT2D eigenvalue weighted by Gasteiger charge is 2.21. The number of hydrogen-bond acceptors (Lipinski definition) is 1. The molecule has 3 aromatic rings. The number of fused-ring (bicyclic) bond motifs is 1. The van der Waals surface area contributed by atoms with Gasteiger partial charge in [-0.3, -0.25) is 4.79 Å². The first-order valence-electron chi connectivity index (χ1n) is 7.27. The molecule has 3 rings (SSSR count). The number of nitrogens with zero attached hydrogens (tertiary/aromatic N) is 1. The highest BCUT2D eigenvalue weighted by molar-refractivity contribution is 5.98. The van der Waals surface area contributed by atoms with Crippen LogP contribution in [0, 0.1) is 11.6 Å². The molecule has 2 aromatic carbocycles. The second kappa shape index (κ2) is 5.83. The number of carbonyl (C=O) groups excluding carboxylic acids is 1. The van der Waals surface area contributed by atoms with Crippen molar-refractivity contribution in [2.75, 3.05) is 7.05 Å². The lowest BCUT2D eigenvalue weighted by atomic mass is 10.1. The van der Waals surface area contributed by atoms with Gasteiger partial charge in [-0.25, -0.2) is 8.78 Å². The fraction of sp³-hybridized carbons (Fsp3) is 0.167. The third-order valence-electron chi connectivity index (χ3n) is 4.09. The van der Waals surface area contributed by atoms with E-state index in [2.05, 4.69) is 4.98 Å². The third kappa shape index (κ3) is 2.82. The minimum Gasteiger partial charge on any atom is -0.351 e. The Morgan fingerprint density at radius 3 is 2.52 bits per heavy atom. The molecule has 0 saturated carbocycles. The van der Waals surface area contributed by atoms with E-state index in [0.717, 1.165) is 23.0 Å². The Kier molecular flexibility index (Phi) is 3.86. The van der Waals surface area contributed by atoms with Crippen LogP contribution < -0.4 is 0 Å². The predicted molar refractivity (Wildman–Crippen MR) is 85.2 cm³/mol. The Bertz CT molecular complexity index is 839. The first kappa shape index (κ1) is 15.2. The van der Waals surface area contributed by atoms with Gasteiger partial charge in [-0.15, -0.1) is 0 Å². The molecule has 118 valence electrons. The number of hydrogen-bond donors (Lipinski definition) is 1. The molecule has 1 unspecified atom stereocenters. The van der Waals surface area contributed by atoms with Gasteiger partial charge in [0.05, 0.1) is 6.04 Å². The van der Waals surface area contributed by atoms with Gasteiger partial charge in [0.25, 0.3) is 5.91 Å². The Hall–Kier alpha value is -2.69. The minimum atomic E-state index is -0.916. The van der Waals surface area contributed by atoms with Crippen molar-refractivity contribution in [1.82, 2.24) is 9.88 Å². The van der Waals surface area contributed by atoms with Crippen LogP contribution in [0.3, 0.4) is 0 Å². The second-order valence-electron chi connectivity index (χ2n) is 5.54. The molecule has 0 aliphatic rings. The molecule has 0 radical (unpaired) electrons. The normalized spacial score (nSPS) is 12.3. The van der Waals surface area contributed by atoms with Gasteiger partial charge >= 0.3 is 0 Å². The summed E-state index contributed by atoms with van der Waals surface area (Å²) < 4.78 is 26.4. The molecule has 0 aliphatic carbocycles. The number of aromatic amines is 1. The molecule has 1 aromatic heterocycles. The third-order valence-corrected chi connectivity index (χ3v) is 4.09. The van der Waals surface area contributed by atoms with Crippen molar-refractivity contribution >= 4 is 16.8 Å². The number of para-hydroxylation sites is 1. The molecule has 0 saturated heterocycles. The number of carbonyl (C=O) groups is 1. The summed E-state index contributed by atoms with van der Waals surface area (Å²) in [5, 5.41) is 0.949. The number of aromatic nitrogens is 1. The number of H-pyrrole nitrogens is 1. The van der Waals surface area contributed by atoms with E-state index in [1.54, 1.807) is 20.0 Å². The first-order valence-corrected chi connectivity index (χ1v) is 7.27. The summed E-state index contributed by atoms with van der Waals surface area (Å²) in [7, 11) is 1.64. The van der Waals surface area contributed by atoms with E-state index in [4.69, 9.17) is 0 Å². The van der Waals surface area contributed by atoms with E-state index in [1.165, 1.54) is 11.0 Å². The lowest BCUT2D eigenvalue weighted by Gasteiger charge is -2.25. The largest absolute Gasteiger partial charge is 0.351 e. The molecule has 1 amide bonds. The Labute approximate surface area is 132 Å². The Morgan fingerprint density at radius 2 is 1.83 bits per heavy atom. The van der Waals surface area contributed by atoms with E-state index in [-0.39, 0.29) is 11.9 Å². The monoisotopic (exact) mass is 314 g/mol. The molecule has 23 heavy (non-hydrogen) atoms. The smallest absolute Gasteiger partial charge is 0.270 e. The zero-order valence-corrected chi connectivity index (χ0v) is 12.8. The van der Waals surface area contributed by atoms with Crippen molar-refractivity contribution in [2.24, 2.45) is 0 Å². The Balaban J connectivity index is 1.87. The molecule has 1 N–H and O–H groups in total. The standard InChI is InChI=1S/C18H16F2N2O/c1-11(12-7-8-14(19)15(20)9-12)22(2)18(23)17-10-13-5-3-4-6-16(13)21-17/h3-11,21H,1-2H3. The van der Waals surface area contributed by atoms with Crippen LogP contribution in [0.25, 0.3) is 10.9 Å². The van der Waals surface area contributed by atoms with Crippen LogP contribution >= 0.6 is 0 Å². The number of amides is 1. The van der Waals surface area contributed by atoms with Crippen molar-refractivity contribution in [2.45, 2.75) is 13.0 Å². The van der Waals surface area contributed by atoms with Gasteiger partial charge in [-0.05, 0) is 36.8 Å². The number of benzene rings is 2. The van der Waals surface area contributed by atoms with E-state index in [9.17, 15) is 13.6 Å². The minimum absolute atomic E-state index is 0.210. The molecule has 1 heterocycles. The number of rotatable bonds is 3. The van der Waals surface area contributed by atoms with E-state index >= 15 is 0 Å². The van der Waals surface area contributed by atoms with Crippen molar-refractivity contribution in [3.05, 3.63) is 71.4 Å². The van der Waals surface area contributed by atoms with Crippen LogP contribution in [-0.2, 0) is 0 Å². The summed E-state index contributed by atoms with van der Waals surface area (Å²) in [6, 6.07) is 12.7. The Morgan fingerprint density at radius 1 is 1.09 bits per heavy atom. The van der Waals surface area contributed by atoms with Gasteiger partial charge in [0.2, 0.25) is 0 Å². The van der Waals surface area contributed by atoms with E-state index in [1.807, 2.05) is 24.3 Å². The van der Waals surface area contributed by atoms with Gasteiger partial charge in [-0.2, -0.15) is 0 Å². The molecule has 5 heteroatoms. The predicted octanol–water partition coefficient (Wildman–Crippen LogP) is 4.28. The lowest BCUT2D eigenvalue weighted by molar-refractivity contribution is 0.0737. The maximum absolute atomic E-state index is 13.4. The fourth-order valence-corrected chi connectivity index (χ4v) is 2.55. The zero-order chi connectivity index (χ0) is 16.6. The molecular weight excluding hydrogens is 298 g/mol. The van der Waals surface area contributed by atoms with Gasteiger partial charge in [-0.1, -0.05) is 24.3 Å². The zero-order valence-electron chi connectivity index (χ0n) is 12.8. The summed E-state index contributed by atoms with van der Waals surface area (Å²) in [4.78, 5) is 17.2. The molecule has 0 spiro atoms. The molecular formula is C18H16F2N2O. The first-order chi connectivity index (χ1) is 11.0. The SMILES string of the molecule is CC(c1ccc(F)c(F)c1)N(C)C(=O)c1cc2ccccc2[nH]1. The molecule has 0 fully saturated rings. The van der Waals surface area contributed by atoms with Gasteiger partial charge < -0.3 is 9.88 Å². The summed E-state index contributed by atoms with van der Waals surface area (Å²) in [6.45, 7) is 1.77. The summed E-state index contributed by atoms with van der Waals surface area (Å²) in [5.74, 6) is -2.02. The highest BCUT2D eigenvalue weighted by atomic mass is 19.2. The highest BCUT2D eigenvalue weighted by Crippen LogP contribution is 2.23. The van der Waals surface area contributed by atoms with Crippen LogP contribution in [-0.4, -0.2) is 22.8 Å². The quantitative estimate of drug-likeness (QED) is 0.769. The van der Waals surface area contributed by atoms with Crippen LogP contribution in [0.4, 0.5) is 8.78 Å². The van der Waals surface area contributed by atoms with Crippen molar-refractivity contribution in [1.29, 1.82) is 0 Å². The average molecular weight is 314 g/mol. The maximum atomic E-state index is 13.4. The molecule has 0 aliphatic heterocycles. The van der Waals surface area contributed by atoms with Crippen LogP contribution in [0.2, 0.25) is 0 Å². The molecule has 1 atom stereocenters.